The molecule has 3 heterocycles. The average molecular weight is 426 g/mol. The lowest BCUT2D eigenvalue weighted by Gasteiger charge is -2.22. The van der Waals surface area contributed by atoms with Gasteiger partial charge < -0.3 is 19.5 Å². The van der Waals surface area contributed by atoms with Crippen molar-refractivity contribution in [1.29, 1.82) is 0 Å². The van der Waals surface area contributed by atoms with E-state index in [9.17, 15) is 4.79 Å². The van der Waals surface area contributed by atoms with Crippen LogP contribution < -0.4 is 10.2 Å². The molecule has 1 atom stereocenters. The molecule has 1 aromatic carbocycles. The van der Waals surface area contributed by atoms with Gasteiger partial charge in [-0.05, 0) is 51.0 Å². The summed E-state index contributed by atoms with van der Waals surface area (Å²) in [4.78, 5) is 23.6. The molecule has 1 aliphatic rings. The minimum atomic E-state index is -0.622. The van der Waals surface area contributed by atoms with Gasteiger partial charge in [0, 0.05) is 44.5 Å². The van der Waals surface area contributed by atoms with Gasteiger partial charge in [0.1, 0.15) is 17.2 Å². The summed E-state index contributed by atoms with van der Waals surface area (Å²) >= 11 is 0. The number of anilines is 1. The predicted molar refractivity (Wildman–Crippen MR) is 119 cm³/mol. The number of nitrogens with one attached hydrogen (secondary N) is 1. The Balaban J connectivity index is 1.77. The molecule has 1 aliphatic heterocycles. The second-order valence-electron chi connectivity index (χ2n) is 7.75. The van der Waals surface area contributed by atoms with Crippen LogP contribution in [-0.4, -0.2) is 53.3 Å². The number of ether oxygens (including phenoxy) is 1. The van der Waals surface area contributed by atoms with Gasteiger partial charge in [-0.3, -0.25) is 4.79 Å². The minimum absolute atomic E-state index is 0.0208. The number of benzene rings is 1. The normalized spacial score (nSPS) is 16.3. The third-order valence-corrected chi connectivity index (χ3v) is 5.85. The largest absolute Gasteiger partial charge is 0.380 e. The van der Waals surface area contributed by atoms with Gasteiger partial charge in [0.25, 0.3) is 5.91 Å². The van der Waals surface area contributed by atoms with Gasteiger partial charge in [-0.15, -0.1) is 0 Å². The fraction of sp³-hybridized carbons (Fsp3) is 0.435. The van der Waals surface area contributed by atoms with Gasteiger partial charge >= 0.3 is 0 Å². The van der Waals surface area contributed by atoms with Gasteiger partial charge in [0.15, 0.2) is 5.82 Å². The highest BCUT2D eigenvalue weighted by atomic mass is 19.1. The number of pyridine rings is 1. The van der Waals surface area contributed by atoms with Crippen LogP contribution >= 0.6 is 0 Å². The molecule has 0 aliphatic carbocycles. The van der Waals surface area contributed by atoms with Gasteiger partial charge in [-0.2, -0.15) is 0 Å². The first-order valence-corrected chi connectivity index (χ1v) is 10.8. The van der Waals surface area contributed by atoms with E-state index in [-0.39, 0.29) is 11.1 Å². The van der Waals surface area contributed by atoms with Crippen molar-refractivity contribution < 1.29 is 13.9 Å². The molecule has 31 heavy (non-hydrogen) atoms. The van der Waals surface area contributed by atoms with E-state index >= 15 is 4.39 Å². The highest BCUT2D eigenvalue weighted by Crippen LogP contribution is 2.30. The number of hydrogen-bond acceptors (Lipinski definition) is 5. The summed E-state index contributed by atoms with van der Waals surface area (Å²) in [6.45, 7) is 6.75. The fourth-order valence-corrected chi connectivity index (χ4v) is 4.18. The zero-order valence-corrected chi connectivity index (χ0v) is 18.2. The van der Waals surface area contributed by atoms with Crippen molar-refractivity contribution in [3.63, 3.8) is 0 Å². The summed E-state index contributed by atoms with van der Waals surface area (Å²) in [7, 11) is 1.48. The molecule has 0 radical (unpaired) electrons. The first-order valence-electron chi connectivity index (χ1n) is 10.8. The second kappa shape index (κ2) is 9.01. The van der Waals surface area contributed by atoms with Crippen LogP contribution in [0, 0.1) is 5.82 Å². The molecule has 1 amide bonds. The summed E-state index contributed by atoms with van der Waals surface area (Å²) in [6, 6.07) is 7.68. The van der Waals surface area contributed by atoms with Crippen LogP contribution in [-0.2, 0) is 11.3 Å². The molecular weight excluding hydrogens is 397 g/mol. The van der Waals surface area contributed by atoms with E-state index in [2.05, 4.69) is 27.1 Å². The van der Waals surface area contributed by atoms with Crippen molar-refractivity contribution in [3.05, 3.63) is 41.8 Å². The Morgan fingerprint density at radius 3 is 2.81 bits per heavy atom. The van der Waals surface area contributed by atoms with Crippen molar-refractivity contribution in [2.24, 2.45) is 0 Å². The molecule has 0 spiro atoms. The van der Waals surface area contributed by atoms with Gasteiger partial charge in [0.05, 0.1) is 17.7 Å². The summed E-state index contributed by atoms with van der Waals surface area (Å²) in [5, 5.41) is 2.47. The number of hydrogen-bond donors (Lipinski definition) is 1. The maximum Gasteiger partial charge on any atom is 0.254 e. The highest BCUT2D eigenvalue weighted by molar-refractivity contribution is 5.98. The Kier molecular flexibility index (Phi) is 6.18. The third-order valence-electron chi connectivity index (χ3n) is 5.85. The van der Waals surface area contributed by atoms with Gasteiger partial charge in [-0.25, -0.2) is 14.4 Å². The molecule has 0 bridgehead atoms. The molecule has 1 N–H and O–H groups in total. The lowest BCUT2D eigenvalue weighted by molar-refractivity contribution is 0.0959. The molecule has 3 aromatic rings. The Morgan fingerprint density at radius 1 is 1.32 bits per heavy atom. The minimum Gasteiger partial charge on any atom is -0.380 e. The lowest BCUT2D eigenvalue weighted by atomic mass is 10.1. The van der Waals surface area contributed by atoms with E-state index in [1.807, 2.05) is 23.6 Å². The maximum absolute atomic E-state index is 15.1. The van der Waals surface area contributed by atoms with Crippen molar-refractivity contribution in [2.75, 3.05) is 31.7 Å². The highest BCUT2D eigenvalue weighted by Gasteiger charge is 2.23. The maximum atomic E-state index is 15.1. The standard InChI is InChI=1S/C23H28FN5O2/c1-4-31-13-12-29-18-9-8-17(23(30)25-3)20(24)21(18)27-22(29)16-7-10-19(26-14-16)28-11-5-6-15(28)2/h7-10,14-15H,4-6,11-13H2,1-3H3,(H,25,30). The van der Waals surface area contributed by atoms with E-state index in [4.69, 9.17) is 4.74 Å². The van der Waals surface area contributed by atoms with E-state index in [0.717, 1.165) is 17.9 Å². The Hall–Kier alpha value is -3.00. The van der Waals surface area contributed by atoms with Crippen LogP contribution in [0.5, 0.6) is 0 Å². The topological polar surface area (TPSA) is 72.3 Å². The first kappa shape index (κ1) is 21.2. The lowest BCUT2D eigenvalue weighted by Crippen LogP contribution is -2.26. The zero-order chi connectivity index (χ0) is 22.0. The molecule has 4 rings (SSSR count). The van der Waals surface area contributed by atoms with Crippen LogP contribution in [0.15, 0.2) is 30.5 Å². The van der Waals surface area contributed by atoms with Crippen molar-refractivity contribution in [1.82, 2.24) is 19.9 Å². The SMILES string of the molecule is CCOCCn1c(-c2ccc(N3CCCC3C)nc2)nc2c(F)c(C(=O)NC)ccc21. The molecule has 8 heteroatoms. The number of carbonyl (C=O) groups is 1. The third kappa shape index (κ3) is 3.99. The Morgan fingerprint density at radius 2 is 2.16 bits per heavy atom. The van der Waals surface area contributed by atoms with Crippen LogP contribution in [0.3, 0.4) is 0 Å². The van der Waals surface area contributed by atoms with E-state index in [0.29, 0.717) is 37.1 Å². The molecule has 164 valence electrons. The van der Waals surface area contributed by atoms with Crippen LogP contribution in [0.1, 0.15) is 37.0 Å². The van der Waals surface area contributed by atoms with E-state index < -0.39 is 11.7 Å². The zero-order valence-electron chi connectivity index (χ0n) is 18.2. The second-order valence-corrected chi connectivity index (χ2v) is 7.75. The van der Waals surface area contributed by atoms with Gasteiger partial charge in [0.2, 0.25) is 0 Å². The Bertz CT molecular complexity index is 1080. The van der Waals surface area contributed by atoms with Gasteiger partial charge in [-0.1, -0.05) is 0 Å². The van der Waals surface area contributed by atoms with Crippen molar-refractivity contribution in [3.8, 4) is 11.4 Å². The monoisotopic (exact) mass is 425 g/mol. The number of nitrogens with zero attached hydrogens (tertiary/aromatic N) is 4. The summed E-state index contributed by atoms with van der Waals surface area (Å²) in [5.74, 6) is 0.453. The quantitative estimate of drug-likeness (QED) is 0.586. The molecule has 7 nitrogen and oxygen atoms in total. The van der Waals surface area contributed by atoms with Crippen molar-refractivity contribution >= 4 is 22.8 Å². The number of aromatic nitrogens is 3. The summed E-state index contributed by atoms with van der Waals surface area (Å²) in [5.41, 5.74) is 1.57. The van der Waals surface area contributed by atoms with E-state index in [1.165, 1.54) is 26.0 Å². The fourth-order valence-electron chi connectivity index (χ4n) is 4.18. The number of fused-ring (bicyclic) bond motifs is 1. The summed E-state index contributed by atoms with van der Waals surface area (Å²) in [6.07, 6.45) is 4.13. The van der Waals surface area contributed by atoms with Crippen molar-refractivity contribution in [2.45, 2.75) is 39.3 Å². The molecule has 2 aromatic heterocycles. The van der Waals surface area contributed by atoms with E-state index in [1.54, 1.807) is 12.3 Å². The number of rotatable bonds is 7. The number of carbonyl (C=O) groups excluding carboxylic acids is 1. The molecule has 1 unspecified atom stereocenters. The van der Waals surface area contributed by atoms with Crippen LogP contribution in [0.2, 0.25) is 0 Å². The molecular formula is C23H28FN5O2. The molecule has 1 fully saturated rings. The first-order chi connectivity index (χ1) is 15.0. The predicted octanol–water partition coefficient (Wildman–Crippen LogP) is 3.62. The molecule has 1 saturated heterocycles. The number of imidazole rings is 1. The summed E-state index contributed by atoms with van der Waals surface area (Å²) < 4.78 is 22.6. The van der Waals surface area contributed by atoms with Crippen LogP contribution in [0.4, 0.5) is 10.2 Å². The smallest absolute Gasteiger partial charge is 0.254 e. The molecule has 0 saturated carbocycles. The number of amides is 1. The Labute approximate surface area is 181 Å². The van der Waals surface area contributed by atoms with Crippen LogP contribution in [0.25, 0.3) is 22.4 Å². The average Bonchev–Trinajstić information content (AvgIpc) is 3.38. The number of halogens is 1.